The summed E-state index contributed by atoms with van der Waals surface area (Å²) in [6.45, 7) is 4.43. The van der Waals surface area contributed by atoms with Crippen LogP contribution in [0.1, 0.15) is 35.9 Å². The van der Waals surface area contributed by atoms with Crippen LogP contribution >= 0.6 is 0 Å². The maximum absolute atomic E-state index is 12.7. The molecule has 0 spiro atoms. The number of carbonyl (C=O) groups excluding carboxylic acids is 1. The van der Waals surface area contributed by atoms with Gasteiger partial charge in [0.1, 0.15) is 5.76 Å². The molecule has 1 atom stereocenters. The molecule has 3 aromatic rings. The molecule has 0 unspecified atom stereocenters. The van der Waals surface area contributed by atoms with Crippen LogP contribution in [0.2, 0.25) is 0 Å². The van der Waals surface area contributed by atoms with Crippen molar-refractivity contribution in [2.24, 2.45) is 0 Å². The molecule has 8 heteroatoms. The fourth-order valence-electron chi connectivity index (χ4n) is 3.49. The van der Waals surface area contributed by atoms with Crippen molar-refractivity contribution in [1.82, 2.24) is 15.0 Å². The van der Waals surface area contributed by atoms with Gasteiger partial charge in [-0.1, -0.05) is 5.16 Å². The summed E-state index contributed by atoms with van der Waals surface area (Å²) in [5, 5.41) is 6.87. The maximum atomic E-state index is 12.7. The number of urea groups is 1. The van der Waals surface area contributed by atoms with Crippen molar-refractivity contribution in [3.05, 3.63) is 45.8 Å². The minimum absolute atomic E-state index is 0.0415. The minimum Gasteiger partial charge on any atom is -0.408 e. The number of hydrogen-bond donors (Lipinski definition) is 2. The molecule has 2 amide bonds. The first kappa shape index (κ1) is 15.5. The lowest BCUT2D eigenvalue weighted by Crippen LogP contribution is -2.34. The number of nitrogens with zero attached hydrogens (tertiary/aromatic N) is 2. The van der Waals surface area contributed by atoms with Crippen LogP contribution in [0.25, 0.3) is 11.1 Å². The van der Waals surface area contributed by atoms with E-state index in [0.717, 1.165) is 29.9 Å². The molecule has 2 aromatic heterocycles. The summed E-state index contributed by atoms with van der Waals surface area (Å²) in [5.41, 5.74) is 3.38. The van der Waals surface area contributed by atoms with Gasteiger partial charge in [0, 0.05) is 23.9 Å². The summed E-state index contributed by atoms with van der Waals surface area (Å²) in [6.07, 6.45) is 1.80. The summed E-state index contributed by atoms with van der Waals surface area (Å²) in [6, 6.07) is 4.82. The Morgan fingerprint density at radius 2 is 2.24 bits per heavy atom. The van der Waals surface area contributed by atoms with Gasteiger partial charge in [-0.3, -0.25) is 4.98 Å². The Morgan fingerprint density at radius 3 is 3.00 bits per heavy atom. The highest BCUT2D eigenvalue weighted by atomic mass is 16.5. The Bertz CT molecular complexity index is 980. The second kappa shape index (κ2) is 5.80. The van der Waals surface area contributed by atoms with Gasteiger partial charge in [-0.25, -0.2) is 9.59 Å². The van der Waals surface area contributed by atoms with Crippen LogP contribution in [0.5, 0.6) is 0 Å². The monoisotopic (exact) mass is 342 g/mol. The van der Waals surface area contributed by atoms with Gasteiger partial charge in [0.2, 0.25) is 0 Å². The highest BCUT2D eigenvalue weighted by Gasteiger charge is 2.33. The number of rotatable bonds is 2. The van der Waals surface area contributed by atoms with Crippen LogP contribution in [0.4, 0.5) is 10.5 Å². The molecule has 130 valence electrons. The predicted molar refractivity (Wildman–Crippen MR) is 90.5 cm³/mol. The van der Waals surface area contributed by atoms with Crippen molar-refractivity contribution >= 4 is 22.8 Å². The number of nitrogens with one attached hydrogen (secondary N) is 2. The van der Waals surface area contributed by atoms with Crippen molar-refractivity contribution in [3.63, 3.8) is 0 Å². The zero-order valence-corrected chi connectivity index (χ0v) is 14.0. The molecule has 8 nitrogen and oxygen atoms in total. The quantitative estimate of drug-likeness (QED) is 0.744. The summed E-state index contributed by atoms with van der Waals surface area (Å²) >= 11 is 0. The number of aromatic amines is 1. The molecule has 2 N–H and O–H groups in total. The number of carbonyl (C=O) groups is 1. The van der Waals surface area contributed by atoms with E-state index < -0.39 is 5.76 Å². The second-order valence-corrected chi connectivity index (χ2v) is 6.24. The third-order valence-electron chi connectivity index (χ3n) is 4.61. The molecule has 1 aliphatic heterocycles. The van der Waals surface area contributed by atoms with E-state index in [9.17, 15) is 9.59 Å². The van der Waals surface area contributed by atoms with Gasteiger partial charge in [0.25, 0.3) is 0 Å². The van der Waals surface area contributed by atoms with Crippen molar-refractivity contribution in [2.75, 3.05) is 11.9 Å². The number of benzene rings is 1. The standard InChI is InChI=1S/C17H18N4O4/c1-9-15(10(2)25-20-9)13-4-3-7-21(13)16(22)18-11-5-6-12-14(8-11)24-17(23)19-12/h5-6,8,13H,3-4,7H2,1-2H3,(H,18,22)(H,19,23)/t13-/m1/s1. The number of H-pyrrole nitrogens is 1. The average Bonchev–Trinajstić information content (AvgIpc) is 3.25. The lowest BCUT2D eigenvalue weighted by atomic mass is 10.0. The fourth-order valence-corrected chi connectivity index (χ4v) is 3.49. The highest BCUT2D eigenvalue weighted by Crippen LogP contribution is 2.35. The van der Waals surface area contributed by atoms with Crippen molar-refractivity contribution < 1.29 is 13.7 Å². The third-order valence-corrected chi connectivity index (χ3v) is 4.61. The number of hydrogen-bond acceptors (Lipinski definition) is 5. The molecular weight excluding hydrogens is 324 g/mol. The molecule has 1 fully saturated rings. The van der Waals surface area contributed by atoms with Crippen LogP contribution in [-0.4, -0.2) is 27.6 Å². The molecule has 3 heterocycles. The predicted octanol–water partition coefficient (Wildman–Crippen LogP) is 3.09. The number of oxazole rings is 1. The average molecular weight is 342 g/mol. The molecule has 0 radical (unpaired) electrons. The van der Waals surface area contributed by atoms with E-state index in [-0.39, 0.29) is 12.1 Å². The molecule has 0 aliphatic carbocycles. The van der Waals surface area contributed by atoms with Gasteiger partial charge in [0.05, 0.1) is 17.3 Å². The molecule has 25 heavy (non-hydrogen) atoms. The first-order valence-electron chi connectivity index (χ1n) is 8.16. The zero-order valence-electron chi connectivity index (χ0n) is 14.0. The molecule has 0 saturated carbocycles. The number of fused-ring (bicyclic) bond motifs is 1. The van der Waals surface area contributed by atoms with Crippen LogP contribution in [0.15, 0.2) is 31.9 Å². The van der Waals surface area contributed by atoms with E-state index in [2.05, 4.69) is 15.5 Å². The van der Waals surface area contributed by atoms with Gasteiger partial charge in [0.15, 0.2) is 5.58 Å². The number of anilines is 1. The number of aryl methyl sites for hydroxylation is 2. The molecule has 1 saturated heterocycles. The van der Waals surface area contributed by atoms with Crippen molar-refractivity contribution in [2.45, 2.75) is 32.7 Å². The Morgan fingerprint density at radius 1 is 1.40 bits per heavy atom. The topological polar surface area (TPSA) is 104 Å². The van der Waals surface area contributed by atoms with Crippen LogP contribution in [0.3, 0.4) is 0 Å². The summed E-state index contributed by atoms with van der Waals surface area (Å²) < 4.78 is 10.3. The molecule has 1 aromatic carbocycles. The summed E-state index contributed by atoms with van der Waals surface area (Å²) in [5.74, 6) is 0.231. The van der Waals surface area contributed by atoms with Gasteiger partial charge >= 0.3 is 11.8 Å². The second-order valence-electron chi connectivity index (χ2n) is 6.24. The van der Waals surface area contributed by atoms with E-state index in [1.807, 2.05) is 13.8 Å². The Labute approximate surface area is 142 Å². The van der Waals surface area contributed by atoms with E-state index in [0.29, 0.717) is 23.3 Å². The van der Waals surface area contributed by atoms with E-state index in [1.165, 1.54) is 0 Å². The van der Waals surface area contributed by atoms with Crippen LogP contribution < -0.4 is 11.1 Å². The van der Waals surface area contributed by atoms with Crippen molar-refractivity contribution in [3.8, 4) is 0 Å². The Hall–Kier alpha value is -3.03. The summed E-state index contributed by atoms with van der Waals surface area (Å²) in [7, 11) is 0. The molecule has 4 rings (SSSR count). The normalized spacial score (nSPS) is 17.4. The summed E-state index contributed by atoms with van der Waals surface area (Å²) in [4.78, 5) is 28.4. The first-order valence-corrected chi connectivity index (χ1v) is 8.16. The maximum Gasteiger partial charge on any atom is 0.417 e. The van der Waals surface area contributed by atoms with Gasteiger partial charge in [-0.2, -0.15) is 0 Å². The Kier molecular flexibility index (Phi) is 3.60. The van der Waals surface area contributed by atoms with Crippen LogP contribution in [0, 0.1) is 13.8 Å². The van der Waals surface area contributed by atoms with E-state index >= 15 is 0 Å². The van der Waals surface area contributed by atoms with Gasteiger partial charge in [-0.15, -0.1) is 0 Å². The fraction of sp³-hybridized carbons (Fsp3) is 0.353. The van der Waals surface area contributed by atoms with Gasteiger partial charge in [-0.05, 0) is 38.8 Å². The lowest BCUT2D eigenvalue weighted by Gasteiger charge is -2.25. The first-order chi connectivity index (χ1) is 12.0. The number of aromatic nitrogens is 2. The zero-order chi connectivity index (χ0) is 17.6. The SMILES string of the molecule is Cc1noc(C)c1[C@H]1CCCN1C(=O)Nc1ccc2[nH]c(=O)oc2c1. The lowest BCUT2D eigenvalue weighted by molar-refractivity contribution is 0.206. The largest absolute Gasteiger partial charge is 0.417 e. The van der Waals surface area contributed by atoms with E-state index in [1.54, 1.807) is 23.1 Å². The molecular formula is C17H18N4O4. The van der Waals surface area contributed by atoms with Gasteiger partial charge < -0.3 is 19.2 Å². The van der Waals surface area contributed by atoms with E-state index in [4.69, 9.17) is 8.94 Å². The minimum atomic E-state index is -0.517. The third kappa shape index (κ3) is 2.69. The number of amides is 2. The molecule has 1 aliphatic rings. The number of likely N-dealkylation sites (tertiary alicyclic amines) is 1. The highest BCUT2D eigenvalue weighted by molar-refractivity contribution is 5.92. The Balaban J connectivity index is 1.57. The smallest absolute Gasteiger partial charge is 0.408 e. The van der Waals surface area contributed by atoms with Crippen molar-refractivity contribution in [1.29, 1.82) is 0 Å². The van der Waals surface area contributed by atoms with Crippen LogP contribution in [-0.2, 0) is 0 Å². The molecule has 0 bridgehead atoms.